The lowest BCUT2D eigenvalue weighted by atomic mass is 10.0. The van der Waals surface area contributed by atoms with E-state index in [1.54, 1.807) is 12.0 Å². The Kier molecular flexibility index (Phi) is 4.52. The molecule has 1 aliphatic heterocycles. The summed E-state index contributed by atoms with van der Waals surface area (Å²) < 4.78 is 5.33. The molecule has 0 bridgehead atoms. The minimum atomic E-state index is -0.561. The number of methoxy groups -OCH3 is 1. The van der Waals surface area contributed by atoms with Gasteiger partial charge >= 0.3 is 0 Å². The van der Waals surface area contributed by atoms with Crippen LogP contribution in [0.5, 0.6) is 0 Å². The molecule has 1 aromatic rings. The maximum Gasteiger partial charge on any atom is 0.256 e. The van der Waals surface area contributed by atoms with Gasteiger partial charge in [0, 0.05) is 33.0 Å². The van der Waals surface area contributed by atoms with E-state index >= 15 is 0 Å². The number of oxime groups is 1. The van der Waals surface area contributed by atoms with Crippen LogP contribution in [0.25, 0.3) is 0 Å². The van der Waals surface area contributed by atoms with E-state index in [2.05, 4.69) is 5.16 Å². The van der Waals surface area contributed by atoms with Gasteiger partial charge in [-0.25, -0.2) is 0 Å². The maximum absolute atomic E-state index is 12.4. The Labute approximate surface area is 112 Å². The Balaban J connectivity index is 2.06. The number of carbonyl (C=O) groups is 1. The van der Waals surface area contributed by atoms with Crippen molar-refractivity contribution in [2.24, 2.45) is 5.16 Å². The third kappa shape index (κ3) is 3.12. The van der Waals surface area contributed by atoms with Crippen LogP contribution in [0, 0.1) is 0 Å². The molecule has 1 aliphatic rings. The van der Waals surface area contributed by atoms with Crippen molar-refractivity contribution in [3.8, 4) is 0 Å². The summed E-state index contributed by atoms with van der Waals surface area (Å²) >= 11 is 0. The number of hydrogen-bond donors (Lipinski definition) is 1. The quantitative estimate of drug-likeness (QED) is 0.667. The molecule has 1 saturated heterocycles. The van der Waals surface area contributed by atoms with Gasteiger partial charge in [-0.2, -0.15) is 0 Å². The van der Waals surface area contributed by atoms with Gasteiger partial charge in [-0.1, -0.05) is 35.5 Å². The van der Waals surface area contributed by atoms with Gasteiger partial charge in [0.15, 0.2) is 6.10 Å². The number of benzene rings is 1. The molecule has 1 N–H and O–H groups in total. The lowest BCUT2D eigenvalue weighted by Gasteiger charge is -2.30. The van der Waals surface area contributed by atoms with Crippen molar-refractivity contribution in [2.45, 2.75) is 18.9 Å². The summed E-state index contributed by atoms with van der Waals surface area (Å²) in [4.78, 5) is 14.2. The fourth-order valence-corrected chi connectivity index (χ4v) is 2.26. The highest BCUT2D eigenvalue weighted by Gasteiger charge is 2.28. The first-order chi connectivity index (χ1) is 9.26. The molecule has 0 radical (unpaired) electrons. The lowest BCUT2D eigenvalue weighted by molar-refractivity contribution is -0.142. The number of ether oxygens (including phenoxy) is 1. The van der Waals surface area contributed by atoms with E-state index in [-0.39, 0.29) is 5.91 Å². The van der Waals surface area contributed by atoms with E-state index in [1.807, 2.05) is 30.3 Å². The highest BCUT2D eigenvalue weighted by atomic mass is 16.5. The molecule has 1 fully saturated rings. The first-order valence-corrected chi connectivity index (χ1v) is 6.32. The first-order valence-electron chi connectivity index (χ1n) is 6.32. The zero-order valence-corrected chi connectivity index (χ0v) is 11.0. The minimum absolute atomic E-state index is 0.0364. The molecule has 1 heterocycles. The zero-order chi connectivity index (χ0) is 13.7. The van der Waals surface area contributed by atoms with Crippen LogP contribution in [0.15, 0.2) is 35.5 Å². The zero-order valence-electron chi connectivity index (χ0n) is 11.0. The number of nitrogens with zero attached hydrogens (tertiary/aromatic N) is 2. The van der Waals surface area contributed by atoms with Gasteiger partial charge in [0.2, 0.25) is 0 Å². The summed E-state index contributed by atoms with van der Waals surface area (Å²) in [5.41, 5.74) is 1.61. The summed E-state index contributed by atoms with van der Waals surface area (Å²) in [6.07, 6.45) is 0.676. The molecule has 2 rings (SSSR count). The molecule has 5 heteroatoms. The predicted octanol–water partition coefficient (Wildman–Crippen LogP) is 1.83. The van der Waals surface area contributed by atoms with E-state index in [0.29, 0.717) is 25.9 Å². The number of amides is 1. The van der Waals surface area contributed by atoms with Crippen LogP contribution in [0.1, 0.15) is 24.5 Å². The Hall–Kier alpha value is -1.88. The standard InChI is InChI=1S/C14H18N2O3/c1-19-13(11-5-3-2-4-6-11)14(17)16-9-7-12(15-18)8-10-16/h2-6,13,18H,7-10H2,1H3. The van der Waals surface area contributed by atoms with Crippen molar-refractivity contribution in [3.05, 3.63) is 35.9 Å². The van der Waals surface area contributed by atoms with Crippen LogP contribution in [-0.2, 0) is 9.53 Å². The highest BCUT2D eigenvalue weighted by molar-refractivity contribution is 5.88. The van der Waals surface area contributed by atoms with E-state index in [4.69, 9.17) is 9.94 Å². The van der Waals surface area contributed by atoms with Crippen LogP contribution in [0.4, 0.5) is 0 Å². The Morgan fingerprint density at radius 2 is 1.95 bits per heavy atom. The molecule has 0 aromatic heterocycles. The molecule has 1 unspecified atom stereocenters. The molecule has 5 nitrogen and oxygen atoms in total. The fraction of sp³-hybridized carbons (Fsp3) is 0.429. The van der Waals surface area contributed by atoms with Crippen LogP contribution in [-0.4, -0.2) is 41.9 Å². The third-order valence-electron chi connectivity index (χ3n) is 3.36. The van der Waals surface area contributed by atoms with Gasteiger partial charge in [0.1, 0.15) is 0 Å². The normalized spacial score (nSPS) is 17.1. The summed E-state index contributed by atoms with van der Waals surface area (Å²) in [5.74, 6) is -0.0364. The third-order valence-corrected chi connectivity index (χ3v) is 3.36. The van der Waals surface area contributed by atoms with Crippen molar-refractivity contribution in [1.29, 1.82) is 0 Å². The smallest absolute Gasteiger partial charge is 0.256 e. The van der Waals surface area contributed by atoms with Crippen LogP contribution in [0.2, 0.25) is 0 Å². The summed E-state index contributed by atoms with van der Waals surface area (Å²) in [6, 6.07) is 9.46. The predicted molar refractivity (Wildman–Crippen MR) is 71.2 cm³/mol. The number of piperidine rings is 1. The molecule has 19 heavy (non-hydrogen) atoms. The second kappa shape index (κ2) is 6.33. The molecule has 0 aliphatic carbocycles. The Bertz CT molecular complexity index is 449. The van der Waals surface area contributed by atoms with Gasteiger partial charge < -0.3 is 14.8 Å². The van der Waals surface area contributed by atoms with E-state index < -0.39 is 6.10 Å². The molecule has 102 valence electrons. The fourth-order valence-electron chi connectivity index (χ4n) is 2.26. The lowest BCUT2D eigenvalue weighted by Crippen LogP contribution is -2.41. The average Bonchev–Trinajstić information content (AvgIpc) is 2.49. The van der Waals surface area contributed by atoms with Gasteiger partial charge in [0.05, 0.1) is 5.71 Å². The number of likely N-dealkylation sites (tertiary alicyclic amines) is 1. The Morgan fingerprint density at radius 1 is 1.32 bits per heavy atom. The SMILES string of the molecule is COC(C(=O)N1CCC(=NO)CC1)c1ccccc1. The van der Waals surface area contributed by atoms with Gasteiger partial charge in [0.25, 0.3) is 5.91 Å². The molecular formula is C14H18N2O3. The van der Waals surface area contributed by atoms with Crippen molar-refractivity contribution < 1.29 is 14.7 Å². The van der Waals surface area contributed by atoms with Crippen molar-refractivity contribution in [1.82, 2.24) is 4.90 Å². The van der Waals surface area contributed by atoms with Crippen LogP contribution < -0.4 is 0 Å². The summed E-state index contributed by atoms with van der Waals surface area (Å²) in [6.45, 7) is 1.15. The maximum atomic E-state index is 12.4. The van der Waals surface area contributed by atoms with Crippen molar-refractivity contribution in [2.75, 3.05) is 20.2 Å². The molecular weight excluding hydrogens is 244 g/mol. The monoisotopic (exact) mass is 262 g/mol. The number of hydrogen-bond acceptors (Lipinski definition) is 4. The molecule has 1 atom stereocenters. The second-order valence-corrected chi connectivity index (χ2v) is 4.52. The Morgan fingerprint density at radius 3 is 2.47 bits per heavy atom. The van der Waals surface area contributed by atoms with E-state index in [1.165, 1.54) is 0 Å². The highest BCUT2D eigenvalue weighted by Crippen LogP contribution is 2.21. The second-order valence-electron chi connectivity index (χ2n) is 4.52. The molecule has 0 saturated carbocycles. The van der Waals surface area contributed by atoms with Gasteiger partial charge in [-0.3, -0.25) is 4.79 Å². The number of rotatable bonds is 3. The summed E-state index contributed by atoms with van der Waals surface area (Å²) in [5, 5.41) is 11.9. The minimum Gasteiger partial charge on any atom is -0.411 e. The molecule has 1 amide bonds. The van der Waals surface area contributed by atoms with E-state index in [9.17, 15) is 4.79 Å². The molecule has 0 spiro atoms. The topological polar surface area (TPSA) is 62.1 Å². The van der Waals surface area contributed by atoms with E-state index in [0.717, 1.165) is 11.3 Å². The average molecular weight is 262 g/mol. The van der Waals surface area contributed by atoms with Crippen molar-refractivity contribution >= 4 is 11.6 Å². The molecule has 1 aromatic carbocycles. The van der Waals surface area contributed by atoms with Crippen LogP contribution >= 0.6 is 0 Å². The van der Waals surface area contributed by atoms with Gasteiger partial charge in [-0.15, -0.1) is 0 Å². The first kappa shape index (κ1) is 13.5. The summed E-state index contributed by atoms with van der Waals surface area (Å²) in [7, 11) is 1.54. The van der Waals surface area contributed by atoms with Gasteiger partial charge in [-0.05, 0) is 5.56 Å². The largest absolute Gasteiger partial charge is 0.411 e. The number of carbonyl (C=O) groups excluding carboxylic acids is 1. The van der Waals surface area contributed by atoms with Crippen molar-refractivity contribution in [3.63, 3.8) is 0 Å². The van der Waals surface area contributed by atoms with Crippen LogP contribution in [0.3, 0.4) is 0 Å².